The molecule has 1 aromatic rings. The first-order chi connectivity index (χ1) is 5.43. The monoisotopic (exact) mass is 150 g/mol. The highest BCUT2D eigenvalue weighted by Crippen LogP contribution is 1.90. The molecule has 0 saturated heterocycles. The fraction of sp³-hybridized carbons (Fsp3) is 0.375. The molecule has 0 aromatic carbocycles. The maximum Gasteiger partial charge on any atom is 0.0644 e. The van der Waals surface area contributed by atoms with Crippen LogP contribution in [0.5, 0.6) is 0 Å². The number of aliphatic hydroxyl groups is 1. The van der Waals surface area contributed by atoms with E-state index in [9.17, 15) is 0 Å². The molecule has 58 valence electrons. The van der Waals surface area contributed by atoms with Gasteiger partial charge in [0.15, 0.2) is 0 Å². The molecule has 0 aliphatic rings. The Morgan fingerprint density at radius 3 is 3.18 bits per heavy atom. The highest BCUT2D eigenvalue weighted by Gasteiger charge is 1.83. The maximum absolute atomic E-state index is 8.44. The van der Waals surface area contributed by atoms with Gasteiger partial charge < -0.3 is 5.11 Å². The number of aromatic nitrogens is 2. The van der Waals surface area contributed by atoms with Gasteiger partial charge in [-0.25, -0.2) is 0 Å². The standard InChI is InChI=1S/C8H10N2O/c11-5-3-1-2-4-8-6-9-10-7-8/h6-7,11H,1,3,5H2,(H,9,10). The smallest absolute Gasteiger partial charge is 0.0644 e. The third kappa shape index (κ3) is 2.87. The molecular formula is C8H10N2O. The fourth-order valence-electron chi connectivity index (χ4n) is 0.651. The number of aromatic amines is 1. The quantitative estimate of drug-likeness (QED) is 0.477. The second-order valence-corrected chi connectivity index (χ2v) is 2.12. The van der Waals surface area contributed by atoms with Gasteiger partial charge in [0.1, 0.15) is 0 Å². The van der Waals surface area contributed by atoms with Crippen molar-refractivity contribution >= 4 is 0 Å². The minimum Gasteiger partial charge on any atom is -0.396 e. The maximum atomic E-state index is 8.44. The third-order valence-electron chi connectivity index (χ3n) is 1.19. The van der Waals surface area contributed by atoms with E-state index in [2.05, 4.69) is 22.0 Å². The van der Waals surface area contributed by atoms with Gasteiger partial charge in [-0.3, -0.25) is 5.10 Å². The molecule has 0 radical (unpaired) electrons. The molecule has 3 heteroatoms. The zero-order valence-corrected chi connectivity index (χ0v) is 6.17. The van der Waals surface area contributed by atoms with Crippen LogP contribution < -0.4 is 0 Å². The van der Waals surface area contributed by atoms with Crippen LogP contribution in [0.1, 0.15) is 18.4 Å². The zero-order chi connectivity index (χ0) is 7.94. The molecule has 1 heterocycles. The van der Waals surface area contributed by atoms with Gasteiger partial charge in [-0.2, -0.15) is 5.10 Å². The second kappa shape index (κ2) is 4.53. The van der Waals surface area contributed by atoms with Gasteiger partial charge in [-0.15, -0.1) is 0 Å². The van der Waals surface area contributed by atoms with E-state index < -0.39 is 0 Å². The Kier molecular flexibility index (Phi) is 3.23. The summed E-state index contributed by atoms with van der Waals surface area (Å²) in [4.78, 5) is 0. The number of H-pyrrole nitrogens is 1. The van der Waals surface area contributed by atoms with E-state index in [0.29, 0.717) is 0 Å². The van der Waals surface area contributed by atoms with Crippen molar-refractivity contribution < 1.29 is 5.11 Å². The molecule has 0 spiro atoms. The molecule has 0 aliphatic carbocycles. The molecule has 0 bridgehead atoms. The van der Waals surface area contributed by atoms with Crippen molar-refractivity contribution in [1.82, 2.24) is 10.2 Å². The summed E-state index contributed by atoms with van der Waals surface area (Å²) in [6.07, 6.45) is 4.89. The van der Waals surface area contributed by atoms with E-state index in [1.807, 2.05) is 0 Å². The first-order valence-electron chi connectivity index (χ1n) is 3.52. The largest absolute Gasteiger partial charge is 0.396 e. The highest BCUT2D eigenvalue weighted by atomic mass is 16.2. The van der Waals surface area contributed by atoms with Crippen LogP contribution in [0, 0.1) is 11.8 Å². The van der Waals surface area contributed by atoms with Gasteiger partial charge in [-0.05, 0) is 6.42 Å². The minimum absolute atomic E-state index is 0.208. The normalized spacial score (nSPS) is 8.82. The molecule has 0 atom stereocenters. The van der Waals surface area contributed by atoms with Gasteiger partial charge in [0.05, 0.1) is 11.8 Å². The predicted octanol–water partition coefficient (Wildman–Crippen LogP) is 0.534. The number of hydrogen-bond acceptors (Lipinski definition) is 2. The minimum atomic E-state index is 0.208. The number of rotatable bonds is 2. The first kappa shape index (κ1) is 7.83. The van der Waals surface area contributed by atoms with E-state index in [1.54, 1.807) is 12.4 Å². The average molecular weight is 150 g/mol. The van der Waals surface area contributed by atoms with E-state index in [1.165, 1.54) is 0 Å². The van der Waals surface area contributed by atoms with Gasteiger partial charge >= 0.3 is 0 Å². The summed E-state index contributed by atoms with van der Waals surface area (Å²) in [5, 5.41) is 14.9. The van der Waals surface area contributed by atoms with Gasteiger partial charge in [0.2, 0.25) is 0 Å². The summed E-state index contributed by atoms with van der Waals surface area (Å²) in [5.74, 6) is 5.82. The van der Waals surface area contributed by atoms with E-state index in [4.69, 9.17) is 5.11 Å². The Hall–Kier alpha value is -1.27. The number of hydrogen-bond donors (Lipinski definition) is 2. The molecule has 1 aromatic heterocycles. The Bertz CT molecular complexity index is 243. The van der Waals surface area contributed by atoms with Crippen LogP contribution >= 0.6 is 0 Å². The number of unbranched alkanes of at least 4 members (excludes halogenated alkanes) is 1. The molecule has 0 unspecified atom stereocenters. The predicted molar refractivity (Wildman–Crippen MR) is 41.8 cm³/mol. The average Bonchev–Trinajstić information content (AvgIpc) is 2.50. The van der Waals surface area contributed by atoms with E-state index >= 15 is 0 Å². The lowest BCUT2D eigenvalue weighted by Crippen LogP contribution is -1.78. The highest BCUT2D eigenvalue weighted by molar-refractivity contribution is 5.28. The molecule has 0 aliphatic heterocycles. The lowest BCUT2D eigenvalue weighted by molar-refractivity contribution is 0.290. The van der Waals surface area contributed by atoms with Crippen molar-refractivity contribution in [2.24, 2.45) is 0 Å². The lowest BCUT2D eigenvalue weighted by atomic mass is 10.3. The molecule has 0 amide bonds. The molecule has 2 N–H and O–H groups in total. The van der Waals surface area contributed by atoms with Crippen LogP contribution in [0.3, 0.4) is 0 Å². The molecule has 1 rings (SSSR count). The molecule has 0 fully saturated rings. The van der Waals surface area contributed by atoms with Crippen molar-refractivity contribution in [3.63, 3.8) is 0 Å². The summed E-state index contributed by atoms with van der Waals surface area (Å²) in [7, 11) is 0. The Balaban J connectivity index is 2.33. The SMILES string of the molecule is OCCCC#Cc1cn[nH]c1. The topological polar surface area (TPSA) is 48.9 Å². The van der Waals surface area contributed by atoms with Crippen molar-refractivity contribution in [3.05, 3.63) is 18.0 Å². The zero-order valence-electron chi connectivity index (χ0n) is 6.17. The molecule has 3 nitrogen and oxygen atoms in total. The molecule has 0 saturated carbocycles. The molecular weight excluding hydrogens is 140 g/mol. The summed E-state index contributed by atoms with van der Waals surface area (Å²) < 4.78 is 0. The Morgan fingerprint density at radius 2 is 2.55 bits per heavy atom. The van der Waals surface area contributed by atoms with E-state index in [-0.39, 0.29) is 6.61 Å². The number of nitrogens with one attached hydrogen (secondary N) is 1. The van der Waals surface area contributed by atoms with Crippen LogP contribution in [0.15, 0.2) is 12.4 Å². The summed E-state index contributed by atoms with van der Waals surface area (Å²) in [6.45, 7) is 0.208. The van der Waals surface area contributed by atoms with Crippen molar-refractivity contribution in [2.45, 2.75) is 12.8 Å². The van der Waals surface area contributed by atoms with Crippen LogP contribution in [0.25, 0.3) is 0 Å². The Labute approximate surface area is 65.4 Å². The molecule has 11 heavy (non-hydrogen) atoms. The summed E-state index contributed by atoms with van der Waals surface area (Å²) >= 11 is 0. The lowest BCUT2D eigenvalue weighted by Gasteiger charge is -1.82. The fourth-order valence-corrected chi connectivity index (χ4v) is 0.651. The van der Waals surface area contributed by atoms with E-state index in [0.717, 1.165) is 18.4 Å². The summed E-state index contributed by atoms with van der Waals surface area (Å²) in [5.41, 5.74) is 0.892. The number of nitrogens with zero attached hydrogens (tertiary/aromatic N) is 1. The van der Waals surface area contributed by atoms with Gasteiger partial charge in [0, 0.05) is 19.2 Å². The Morgan fingerprint density at radius 1 is 1.64 bits per heavy atom. The van der Waals surface area contributed by atoms with Crippen molar-refractivity contribution in [1.29, 1.82) is 0 Å². The second-order valence-electron chi connectivity index (χ2n) is 2.12. The number of aliphatic hydroxyl groups excluding tert-OH is 1. The van der Waals surface area contributed by atoms with Crippen molar-refractivity contribution in [2.75, 3.05) is 6.61 Å². The van der Waals surface area contributed by atoms with Crippen LogP contribution in [-0.2, 0) is 0 Å². The first-order valence-corrected chi connectivity index (χ1v) is 3.52. The van der Waals surface area contributed by atoms with Crippen LogP contribution in [0.2, 0.25) is 0 Å². The van der Waals surface area contributed by atoms with Gasteiger partial charge in [0.25, 0.3) is 0 Å². The van der Waals surface area contributed by atoms with Gasteiger partial charge in [-0.1, -0.05) is 11.8 Å². The van der Waals surface area contributed by atoms with Crippen LogP contribution in [0.4, 0.5) is 0 Å². The third-order valence-corrected chi connectivity index (χ3v) is 1.19. The van der Waals surface area contributed by atoms with Crippen molar-refractivity contribution in [3.8, 4) is 11.8 Å². The summed E-state index contributed by atoms with van der Waals surface area (Å²) in [6, 6.07) is 0. The van der Waals surface area contributed by atoms with Crippen LogP contribution in [-0.4, -0.2) is 21.9 Å².